The van der Waals surface area contributed by atoms with Crippen molar-refractivity contribution < 1.29 is 18.4 Å². The Labute approximate surface area is 136 Å². The van der Waals surface area contributed by atoms with Gasteiger partial charge in [0, 0.05) is 23.5 Å². The fourth-order valence-electron chi connectivity index (χ4n) is 1.99. The molecule has 0 atom stereocenters. The molecule has 0 aliphatic carbocycles. The summed E-state index contributed by atoms with van der Waals surface area (Å²) in [5, 5.41) is 4.18. The number of hydrogen-bond donors (Lipinski definition) is 0. The fourth-order valence-corrected chi connectivity index (χ4v) is 2.17. The van der Waals surface area contributed by atoms with Gasteiger partial charge in [0.25, 0.3) is 18.1 Å². The van der Waals surface area contributed by atoms with Crippen molar-refractivity contribution in [3.05, 3.63) is 47.2 Å². The maximum Gasteiger partial charge on any atom is 0.299 e. The number of Topliss-reactive ketones (excluding diaryl/α,β-unsaturated/α-hetero) is 1. The van der Waals surface area contributed by atoms with Crippen LogP contribution in [0.5, 0.6) is 0 Å². The van der Waals surface area contributed by atoms with Crippen molar-refractivity contribution in [2.45, 2.75) is 19.9 Å². The SMILES string of the molecule is CCn1cc(C(=O)C(=O)N(CC(F)F)c2cccc(Cl)c2)cn1. The molecule has 2 rings (SSSR count). The Morgan fingerprint density at radius 2 is 2.13 bits per heavy atom. The number of aryl methyl sites for hydroxylation is 1. The zero-order valence-corrected chi connectivity index (χ0v) is 13.0. The first-order chi connectivity index (χ1) is 10.9. The number of alkyl halides is 2. The van der Waals surface area contributed by atoms with E-state index in [4.69, 9.17) is 11.6 Å². The van der Waals surface area contributed by atoms with Gasteiger partial charge in [-0.05, 0) is 25.1 Å². The second-order valence-electron chi connectivity index (χ2n) is 4.70. The van der Waals surface area contributed by atoms with Crippen LogP contribution in [0.25, 0.3) is 0 Å². The van der Waals surface area contributed by atoms with Crippen molar-refractivity contribution in [2.75, 3.05) is 11.4 Å². The Hall–Kier alpha value is -2.28. The smallest absolute Gasteiger partial charge is 0.299 e. The second kappa shape index (κ2) is 7.32. The van der Waals surface area contributed by atoms with Crippen LogP contribution in [0.4, 0.5) is 14.5 Å². The number of aromatic nitrogens is 2. The molecule has 122 valence electrons. The van der Waals surface area contributed by atoms with Crippen molar-refractivity contribution in [1.82, 2.24) is 9.78 Å². The molecule has 0 unspecified atom stereocenters. The Bertz CT molecular complexity index is 718. The number of amides is 1. The molecule has 1 amide bonds. The molecule has 0 saturated heterocycles. The van der Waals surface area contributed by atoms with E-state index in [1.54, 1.807) is 6.07 Å². The molecule has 0 saturated carbocycles. The average Bonchev–Trinajstić information content (AvgIpc) is 3.00. The van der Waals surface area contributed by atoms with Gasteiger partial charge in [-0.15, -0.1) is 0 Å². The van der Waals surface area contributed by atoms with E-state index in [0.29, 0.717) is 6.54 Å². The normalized spacial score (nSPS) is 10.8. The van der Waals surface area contributed by atoms with Crippen molar-refractivity contribution in [3.8, 4) is 0 Å². The predicted octanol–water partition coefficient (Wildman–Crippen LogP) is 3.04. The minimum Gasteiger partial charge on any atom is -0.300 e. The molecule has 23 heavy (non-hydrogen) atoms. The number of rotatable bonds is 6. The summed E-state index contributed by atoms with van der Waals surface area (Å²) in [5.41, 5.74) is 0.192. The Kier molecular flexibility index (Phi) is 5.44. The molecule has 8 heteroatoms. The van der Waals surface area contributed by atoms with E-state index in [9.17, 15) is 18.4 Å². The average molecular weight is 342 g/mol. The molecular formula is C15H14ClF2N3O2. The number of hydrogen-bond acceptors (Lipinski definition) is 3. The maximum absolute atomic E-state index is 12.8. The Morgan fingerprint density at radius 3 is 2.70 bits per heavy atom. The molecule has 2 aromatic rings. The monoisotopic (exact) mass is 341 g/mol. The van der Waals surface area contributed by atoms with E-state index >= 15 is 0 Å². The quantitative estimate of drug-likeness (QED) is 0.599. The van der Waals surface area contributed by atoms with Gasteiger partial charge in [-0.25, -0.2) is 8.78 Å². The van der Waals surface area contributed by atoms with Gasteiger partial charge < -0.3 is 0 Å². The number of halogens is 3. The molecule has 0 spiro atoms. The molecule has 0 N–H and O–H groups in total. The Balaban J connectivity index is 2.31. The fraction of sp³-hybridized carbons (Fsp3) is 0.267. The minimum absolute atomic E-state index is 0.0538. The highest BCUT2D eigenvalue weighted by atomic mass is 35.5. The van der Waals surface area contributed by atoms with Crippen LogP contribution >= 0.6 is 11.6 Å². The zero-order chi connectivity index (χ0) is 17.0. The van der Waals surface area contributed by atoms with E-state index in [1.165, 1.54) is 35.3 Å². The molecular weight excluding hydrogens is 328 g/mol. The zero-order valence-electron chi connectivity index (χ0n) is 12.2. The second-order valence-corrected chi connectivity index (χ2v) is 5.14. The number of benzene rings is 1. The number of nitrogens with zero attached hydrogens (tertiary/aromatic N) is 3. The molecule has 1 aromatic heterocycles. The van der Waals surface area contributed by atoms with Gasteiger partial charge in [-0.1, -0.05) is 17.7 Å². The summed E-state index contributed by atoms with van der Waals surface area (Å²) in [6.07, 6.45) is -0.148. The van der Waals surface area contributed by atoms with Gasteiger partial charge in [0.1, 0.15) is 0 Å². The molecule has 0 fully saturated rings. The summed E-state index contributed by atoms with van der Waals surface area (Å²) in [7, 11) is 0. The van der Waals surface area contributed by atoms with Crippen LogP contribution in [0.15, 0.2) is 36.7 Å². The maximum atomic E-state index is 12.8. The van der Waals surface area contributed by atoms with E-state index < -0.39 is 24.7 Å². The van der Waals surface area contributed by atoms with E-state index in [2.05, 4.69) is 5.10 Å². The van der Waals surface area contributed by atoms with Crippen LogP contribution < -0.4 is 4.90 Å². The molecule has 1 aromatic carbocycles. The van der Waals surface area contributed by atoms with Gasteiger partial charge in [0.15, 0.2) is 0 Å². The highest BCUT2D eigenvalue weighted by Crippen LogP contribution is 2.21. The minimum atomic E-state index is -2.79. The summed E-state index contributed by atoms with van der Waals surface area (Å²) in [6.45, 7) is 1.45. The Morgan fingerprint density at radius 1 is 1.39 bits per heavy atom. The van der Waals surface area contributed by atoms with Crippen LogP contribution in [-0.4, -0.2) is 34.4 Å². The lowest BCUT2D eigenvalue weighted by molar-refractivity contribution is -0.115. The van der Waals surface area contributed by atoms with Gasteiger partial charge >= 0.3 is 0 Å². The largest absolute Gasteiger partial charge is 0.300 e. The van der Waals surface area contributed by atoms with Gasteiger partial charge in [0.05, 0.1) is 18.3 Å². The highest BCUT2D eigenvalue weighted by molar-refractivity contribution is 6.47. The van der Waals surface area contributed by atoms with Crippen LogP contribution in [-0.2, 0) is 11.3 Å². The first-order valence-corrected chi connectivity index (χ1v) is 7.22. The van der Waals surface area contributed by atoms with E-state index in [-0.39, 0.29) is 16.3 Å². The summed E-state index contributed by atoms with van der Waals surface area (Å²) >= 11 is 5.83. The first kappa shape index (κ1) is 17.1. The van der Waals surface area contributed by atoms with E-state index in [1.807, 2.05) is 6.92 Å². The number of carbonyl (C=O) groups excluding carboxylic acids is 2. The van der Waals surface area contributed by atoms with Crippen LogP contribution in [0.1, 0.15) is 17.3 Å². The van der Waals surface area contributed by atoms with Crippen molar-refractivity contribution in [1.29, 1.82) is 0 Å². The van der Waals surface area contributed by atoms with Gasteiger partial charge in [0.2, 0.25) is 0 Å². The van der Waals surface area contributed by atoms with E-state index in [0.717, 1.165) is 4.90 Å². The molecule has 5 nitrogen and oxygen atoms in total. The highest BCUT2D eigenvalue weighted by Gasteiger charge is 2.28. The summed E-state index contributed by atoms with van der Waals surface area (Å²) in [4.78, 5) is 25.3. The first-order valence-electron chi connectivity index (χ1n) is 6.84. The third-order valence-corrected chi connectivity index (χ3v) is 3.33. The lowest BCUT2D eigenvalue weighted by Gasteiger charge is -2.21. The molecule has 0 aliphatic heterocycles. The van der Waals surface area contributed by atoms with Gasteiger partial charge in [-0.2, -0.15) is 5.10 Å². The summed E-state index contributed by atoms with van der Waals surface area (Å²) < 4.78 is 27.1. The predicted molar refractivity (Wildman–Crippen MR) is 82.0 cm³/mol. The van der Waals surface area contributed by atoms with Crippen molar-refractivity contribution in [3.63, 3.8) is 0 Å². The lowest BCUT2D eigenvalue weighted by Crippen LogP contribution is -2.39. The number of carbonyl (C=O) groups is 2. The summed E-state index contributed by atoms with van der Waals surface area (Å²) in [5.74, 6) is -1.95. The summed E-state index contributed by atoms with van der Waals surface area (Å²) in [6, 6.07) is 5.85. The number of anilines is 1. The topological polar surface area (TPSA) is 55.2 Å². The van der Waals surface area contributed by atoms with Crippen LogP contribution in [0, 0.1) is 0 Å². The standard InChI is InChI=1S/C15H14ClF2N3O2/c1-2-20-8-10(7-19-20)14(22)15(23)21(9-13(17)18)12-5-3-4-11(16)6-12/h3-8,13H,2,9H2,1H3. The van der Waals surface area contributed by atoms with Gasteiger partial charge in [-0.3, -0.25) is 19.2 Å². The lowest BCUT2D eigenvalue weighted by atomic mass is 10.2. The third-order valence-electron chi connectivity index (χ3n) is 3.10. The third kappa shape index (κ3) is 4.13. The molecule has 0 radical (unpaired) electrons. The number of ketones is 1. The molecule has 1 heterocycles. The molecule has 0 aliphatic rings. The van der Waals surface area contributed by atoms with Crippen LogP contribution in [0.3, 0.4) is 0 Å². The molecule has 0 bridgehead atoms. The van der Waals surface area contributed by atoms with Crippen LogP contribution in [0.2, 0.25) is 5.02 Å². The van der Waals surface area contributed by atoms with Crippen molar-refractivity contribution in [2.24, 2.45) is 0 Å². The van der Waals surface area contributed by atoms with Crippen molar-refractivity contribution >= 4 is 29.0 Å².